The molecule has 2 aliphatic carbocycles. The maximum Gasteiger partial charge on any atom is 0.301 e. The summed E-state index contributed by atoms with van der Waals surface area (Å²) in [5.74, 6) is -7.53. The Morgan fingerprint density at radius 1 is 0.926 bits per heavy atom. The van der Waals surface area contributed by atoms with Gasteiger partial charge in [0.25, 0.3) is 0 Å². The van der Waals surface area contributed by atoms with E-state index in [2.05, 4.69) is 0 Å². The first-order chi connectivity index (χ1) is 25.6. The van der Waals surface area contributed by atoms with Gasteiger partial charge in [0.05, 0.1) is 56.0 Å². The van der Waals surface area contributed by atoms with Crippen LogP contribution in [0.4, 0.5) is 32.8 Å². The lowest BCUT2D eigenvalue weighted by Crippen LogP contribution is -2.48. The van der Waals surface area contributed by atoms with Gasteiger partial charge in [-0.25, -0.2) is 14.2 Å². The summed E-state index contributed by atoms with van der Waals surface area (Å²) in [7, 11) is 2.79. The molecule has 15 nitrogen and oxygen atoms in total. The highest BCUT2D eigenvalue weighted by Gasteiger charge is 2.67. The Labute approximate surface area is 311 Å². The highest BCUT2D eigenvalue weighted by molar-refractivity contribution is 6.32. The zero-order valence-electron chi connectivity index (χ0n) is 29.1. The third-order valence-electron chi connectivity index (χ3n) is 11.2. The molecule has 3 aromatic rings. The number of anilines is 3. The number of nitro groups is 2. The molecule has 4 aliphatic rings. The average Bonchev–Trinajstić information content (AvgIpc) is 3.50. The molecule has 0 spiro atoms. The number of benzene rings is 3. The number of allylic oxidation sites excluding steroid dienone is 2. The Morgan fingerprint density at radius 3 is 2.15 bits per heavy atom. The quantitative estimate of drug-likeness (QED) is 0.131. The summed E-state index contributed by atoms with van der Waals surface area (Å²) < 4.78 is 19.7. The van der Waals surface area contributed by atoms with E-state index >= 15 is 0 Å². The number of halogens is 2. The van der Waals surface area contributed by atoms with Crippen LogP contribution in [-0.2, 0) is 19.2 Å². The van der Waals surface area contributed by atoms with Crippen molar-refractivity contribution in [3.63, 3.8) is 0 Å². The van der Waals surface area contributed by atoms with Crippen molar-refractivity contribution in [2.45, 2.75) is 25.7 Å². The monoisotopic (exact) mass is 761 g/mol. The van der Waals surface area contributed by atoms with Crippen LogP contribution in [0.25, 0.3) is 0 Å². The third kappa shape index (κ3) is 5.42. The van der Waals surface area contributed by atoms with Crippen molar-refractivity contribution in [3.05, 3.63) is 103 Å². The first-order valence-corrected chi connectivity index (χ1v) is 17.4. The number of ether oxygens (including phenoxy) is 1. The molecular weight excluding hydrogens is 729 g/mol. The molecule has 4 amide bonds. The number of imide groups is 2. The van der Waals surface area contributed by atoms with Crippen molar-refractivity contribution >= 4 is 63.7 Å². The van der Waals surface area contributed by atoms with E-state index in [4.69, 9.17) is 16.3 Å². The van der Waals surface area contributed by atoms with Gasteiger partial charge in [-0.05, 0) is 61.6 Å². The largest absolute Gasteiger partial charge is 0.491 e. The summed E-state index contributed by atoms with van der Waals surface area (Å²) in [6, 6.07) is 12.2. The Morgan fingerprint density at radius 2 is 1.57 bits per heavy atom. The highest BCUT2D eigenvalue weighted by Crippen LogP contribution is 2.64. The second-order valence-corrected chi connectivity index (χ2v) is 14.6. The molecule has 7 rings (SSSR count). The van der Waals surface area contributed by atoms with Crippen molar-refractivity contribution in [1.29, 1.82) is 0 Å². The molecule has 280 valence electrons. The van der Waals surface area contributed by atoms with Crippen LogP contribution in [0.5, 0.6) is 5.75 Å². The first kappa shape index (κ1) is 36.6. The van der Waals surface area contributed by atoms with Crippen LogP contribution in [0.2, 0.25) is 5.02 Å². The maximum atomic E-state index is 14.6. The number of carbonyl (C=O) groups excluding carboxylic acids is 4. The fraction of sp³-hybridized carbons (Fsp3) is 0.351. The van der Waals surface area contributed by atoms with Crippen LogP contribution in [0.3, 0.4) is 0 Å². The minimum absolute atomic E-state index is 0.0274. The number of hydrogen-bond donors (Lipinski definition) is 1. The maximum absolute atomic E-state index is 14.6. The fourth-order valence-electron chi connectivity index (χ4n) is 8.90. The van der Waals surface area contributed by atoms with Crippen LogP contribution >= 0.6 is 11.6 Å². The molecule has 2 aliphatic heterocycles. The SMILES string of the molecule is CN(C)c1c([N+](=O)[O-])cc(N2C(=O)[C@H]3[C@H](CC=C4[C@H]3C[C@H]3C(=O)N(c5ccc(F)c(Cl)c5)C(=O)[C@@]3(C)[C@H]4c3ccc(OCCO)cc3)C2=O)cc1[N+](=O)[O-]. The number of nitro benzene ring substituents is 2. The van der Waals surface area contributed by atoms with Crippen LogP contribution in [0, 0.1) is 55.1 Å². The number of hydrogen-bond acceptors (Lipinski definition) is 11. The van der Waals surface area contributed by atoms with E-state index in [-0.39, 0.29) is 48.1 Å². The highest BCUT2D eigenvalue weighted by atomic mass is 35.5. The van der Waals surface area contributed by atoms with E-state index in [1.54, 1.807) is 37.3 Å². The van der Waals surface area contributed by atoms with Gasteiger partial charge in [0.15, 0.2) is 5.69 Å². The first-order valence-electron chi connectivity index (χ1n) is 17.0. The molecule has 3 fully saturated rings. The van der Waals surface area contributed by atoms with E-state index in [1.807, 2.05) is 0 Å². The van der Waals surface area contributed by atoms with Crippen molar-refractivity contribution < 1.29 is 43.3 Å². The van der Waals surface area contributed by atoms with Gasteiger partial charge in [0, 0.05) is 32.1 Å². The van der Waals surface area contributed by atoms with Gasteiger partial charge in [-0.3, -0.25) is 39.4 Å². The molecule has 17 heteroatoms. The average molecular weight is 762 g/mol. The number of fused-ring (bicyclic) bond motifs is 4. The van der Waals surface area contributed by atoms with Gasteiger partial charge in [0.2, 0.25) is 23.6 Å². The van der Waals surface area contributed by atoms with E-state index in [9.17, 15) is 48.9 Å². The second kappa shape index (κ2) is 13.3. The fourth-order valence-corrected chi connectivity index (χ4v) is 9.07. The minimum atomic E-state index is -1.42. The lowest BCUT2D eigenvalue weighted by molar-refractivity contribution is -0.392. The van der Waals surface area contributed by atoms with Crippen LogP contribution in [-0.4, -0.2) is 65.9 Å². The smallest absolute Gasteiger partial charge is 0.301 e. The Bertz CT molecular complexity index is 2160. The number of nitrogens with zero attached hydrogens (tertiary/aromatic N) is 5. The van der Waals surface area contributed by atoms with Gasteiger partial charge < -0.3 is 14.7 Å². The molecule has 0 bridgehead atoms. The second-order valence-electron chi connectivity index (χ2n) is 14.2. The van der Waals surface area contributed by atoms with Gasteiger partial charge in [-0.15, -0.1) is 0 Å². The Hall–Kier alpha value is -5.74. The van der Waals surface area contributed by atoms with Crippen LogP contribution in [0.1, 0.15) is 31.2 Å². The number of amides is 4. The van der Waals surface area contributed by atoms with Gasteiger partial charge in [0.1, 0.15) is 18.2 Å². The molecule has 2 heterocycles. The molecular formula is C37H33ClFN5O10. The summed E-state index contributed by atoms with van der Waals surface area (Å²) >= 11 is 6.07. The lowest BCUT2D eigenvalue weighted by atomic mass is 9.51. The molecule has 2 saturated heterocycles. The summed E-state index contributed by atoms with van der Waals surface area (Å²) in [5, 5.41) is 33.2. The van der Waals surface area contributed by atoms with E-state index in [0.717, 1.165) is 28.0 Å². The number of rotatable bonds is 9. The molecule has 0 unspecified atom stereocenters. The summed E-state index contributed by atoms with van der Waals surface area (Å²) in [4.78, 5) is 83.2. The normalized spacial score (nSPS) is 26.0. The van der Waals surface area contributed by atoms with Crippen molar-refractivity contribution in [2.75, 3.05) is 42.0 Å². The molecule has 3 aromatic carbocycles. The summed E-state index contributed by atoms with van der Waals surface area (Å²) in [6.07, 6.45) is 1.82. The number of aliphatic hydroxyl groups is 1. The predicted octanol–water partition coefficient (Wildman–Crippen LogP) is 5.17. The van der Waals surface area contributed by atoms with Gasteiger partial charge in [-0.2, -0.15) is 0 Å². The van der Waals surface area contributed by atoms with Crippen LogP contribution < -0.4 is 19.4 Å². The van der Waals surface area contributed by atoms with Crippen molar-refractivity contribution in [1.82, 2.24) is 0 Å². The summed E-state index contributed by atoms with van der Waals surface area (Å²) in [5.41, 5.74) is -2.09. The molecule has 0 radical (unpaired) electrons. The zero-order valence-corrected chi connectivity index (χ0v) is 29.9. The standard InChI is InChI=1S/C37H33ClFN5O10/c1-37-25(34(47)42(36(37)49)19-6-11-27(39)26(38)14-19)17-24-22(31(37)18-4-7-21(8-5-18)54-13-12-45)9-10-23-30(24)35(48)41(33(23)46)20-15-28(43(50)51)32(40(2)3)29(16-20)44(52)53/h4-9,11,14-16,23-25,30-31,45H,10,12-13,17H2,1-3H3/t23-,24+,25-,30-,31-,37+/m0/s1. The number of carbonyl (C=O) groups is 4. The summed E-state index contributed by atoms with van der Waals surface area (Å²) in [6.45, 7) is 1.49. The topological polar surface area (TPSA) is 194 Å². The third-order valence-corrected chi connectivity index (χ3v) is 11.5. The van der Waals surface area contributed by atoms with Gasteiger partial charge >= 0.3 is 11.4 Å². The predicted molar refractivity (Wildman–Crippen MR) is 192 cm³/mol. The zero-order chi connectivity index (χ0) is 39.0. The van der Waals surface area contributed by atoms with Crippen LogP contribution in [0.15, 0.2) is 66.2 Å². The molecule has 54 heavy (non-hydrogen) atoms. The number of aliphatic hydroxyl groups excluding tert-OH is 1. The minimum Gasteiger partial charge on any atom is -0.491 e. The van der Waals surface area contributed by atoms with Crippen molar-refractivity contribution in [2.24, 2.45) is 29.1 Å². The van der Waals surface area contributed by atoms with Gasteiger partial charge in [-0.1, -0.05) is 35.4 Å². The van der Waals surface area contributed by atoms with E-state index in [0.29, 0.717) is 16.9 Å². The van der Waals surface area contributed by atoms with E-state index < -0.39 is 85.7 Å². The molecule has 0 aromatic heterocycles. The van der Waals surface area contributed by atoms with E-state index in [1.165, 1.54) is 31.1 Å². The Kier molecular flexibility index (Phi) is 9.01. The van der Waals surface area contributed by atoms with Crippen molar-refractivity contribution in [3.8, 4) is 5.75 Å². The Balaban J connectivity index is 1.34. The molecule has 1 saturated carbocycles. The molecule has 1 N–H and O–H groups in total. The lowest BCUT2D eigenvalue weighted by Gasteiger charge is -2.49. The molecule has 6 atom stereocenters.